The molecule has 0 aromatic heterocycles. The topological polar surface area (TPSA) is 37.3 Å². The molecule has 0 saturated carbocycles. The number of aliphatic carboxylic acids is 1. The number of hydrogen-bond donors (Lipinski definition) is 1. The van der Waals surface area contributed by atoms with E-state index in [0.717, 1.165) is 21.9 Å². The SMILES string of the molecule is O=C(O)C(Cc1cccc(Cl)c1Cl)c1cccc2ccccc12. The standard InChI is InChI=1S/C19H14Cl2O2/c20-17-10-4-7-13(18(17)21)11-16(19(22)23)15-9-3-6-12-5-1-2-8-14(12)15/h1-10,16H,11H2,(H,22,23). The summed E-state index contributed by atoms with van der Waals surface area (Å²) in [7, 11) is 0. The molecule has 116 valence electrons. The molecule has 0 radical (unpaired) electrons. The van der Waals surface area contributed by atoms with Gasteiger partial charge in [-0.1, -0.05) is 77.8 Å². The van der Waals surface area contributed by atoms with E-state index in [9.17, 15) is 9.90 Å². The van der Waals surface area contributed by atoms with E-state index in [-0.39, 0.29) is 0 Å². The molecule has 0 bridgehead atoms. The van der Waals surface area contributed by atoms with Gasteiger partial charge in [-0.2, -0.15) is 0 Å². The molecule has 0 heterocycles. The molecule has 3 aromatic rings. The van der Waals surface area contributed by atoms with E-state index in [2.05, 4.69) is 0 Å². The van der Waals surface area contributed by atoms with Gasteiger partial charge in [0.1, 0.15) is 0 Å². The van der Waals surface area contributed by atoms with E-state index in [1.54, 1.807) is 12.1 Å². The second kappa shape index (κ2) is 6.61. The number of carbonyl (C=O) groups is 1. The van der Waals surface area contributed by atoms with Crippen LogP contribution in [-0.4, -0.2) is 11.1 Å². The Labute approximate surface area is 144 Å². The van der Waals surface area contributed by atoms with Gasteiger partial charge in [-0.25, -0.2) is 0 Å². The Balaban J connectivity index is 2.08. The predicted molar refractivity (Wildman–Crippen MR) is 94.5 cm³/mol. The first-order valence-electron chi connectivity index (χ1n) is 7.21. The van der Waals surface area contributed by atoms with Crippen molar-refractivity contribution in [3.05, 3.63) is 81.8 Å². The maximum Gasteiger partial charge on any atom is 0.311 e. The summed E-state index contributed by atoms with van der Waals surface area (Å²) in [4.78, 5) is 11.9. The van der Waals surface area contributed by atoms with E-state index >= 15 is 0 Å². The van der Waals surface area contributed by atoms with E-state index in [1.165, 1.54) is 0 Å². The molecular weight excluding hydrogens is 331 g/mol. The highest BCUT2D eigenvalue weighted by atomic mass is 35.5. The van der Waals surface area contributed by atoms with Crippen LogP contribution in [0.1, 0.15) is 17.0 Å². The van der Waals surface area contributed by atoms with Crippen LogP contribution in [0.2, 0.25) is 10.0 Å². The summed E-state index contributed by atoms with van der Waals surface area (Å²) in [5, 5.41) is 12.6. The van der Waals surface area contributed by atoms with Crippen LogP contribution >= 0.6 is 23.2 Å². The second-order valence-corrected chi connectivity index (χ2v) is 6.16. The highest BCUT2D eigenvalue weighted by Gasteiger charge is 2.23. The van der Waals surface area contributed by atoms with E-state index in [1.807, 2.05) is 48.5 Å². The van der Waals surface area contributed by atoms with Crippen molar-refractivity contribution in [3.63, 3.8) is 0 Å². The van der Waals surface area contributed by atoms with Crippen molar-refractivity contribution < 1.29 is 9.90 Å². The van der Waals surface area contributed by atoms with Gasteiger partial charge in [0.15, 0.2) is 0 Å². The van der Waals surface area contributed by atoms with Gasteiger partial charge < -0.3 is 5.11 Å². The lowest BCUT2D eigenvalue weighted by molar-refractivity contribution is -0.138. The molecule has 23 heavy (non-hydrogen) atoms. The monoisotopic (exact) mass is 344 g/mol. The fraction of sp³-hybridized carbons (Fsp3) is 0.105. The van der Waals surface area contributed by atoms with Crippen molar-refractivity contribution in [2.45, 2.75) is 12.3 Å². The summed E-state index contributed by atoms with van der Waals surface area (Å²) in [6, 6.07) is 18.8. The zero-order valence-electron chi connectivity index (χ0n) is 12.2. The minimum atomic E-state index is -0.877. The van der Waals surface area contributed by atoms with Crippen molar-refractivity contribution in [2.24, 2.45) is 0 Å². The zero-order valence-corrected chi connectivity index (χ0v) is 13.7. The molecular formula is C19H14Cl2O2. The summed E-state index contributed by atoms with van der Waals surface area (Å²) in [5.74, 6) is -1.56. The molecule has 0 aliphatic carbocycles. The molecule has 0 amide bonds. The van der Waals surface area contributed by atoms with Gasteiger partial charge in [-0.05, 0) is 34.4 Å². The molecule has 0 aliphatic heterocycles. The minimum Gasteiger partial charge on any atom is -0.481 e. The Bertz CT molecular complexity index is 869. The van der Waals surface area contributed by atoms with E-state index in [0.29, 0.717) is 16.5 Å². The van der Waals surface area contributed by atoms with Crippen LogP contribution in [0.3, 0.4) is 0 Å². The summed E-state index contributed by atoms with van der Waals surface area (Å²) in [6.45, 7) is 0. The maximum atomic E-state index is 11.9. The molecule has 0 saturated heterocycles. The molecule has 2 nitrogen and oxygen atoms in total. The molecule has 1 unspecified atom stereocenters. The minimum absolute atomic E-state index is 0.294. The highest BCUT2D eigenvalue weighted by molar-refractivity contribution is 6.42. The Morgan fingerprint density at radius 1 is 0.957 bits per heavy atom. The number of rotatable bonds is 4. The van der Waals surface area contributed by atoms with Gasteiger partial charge in [-0.3, -0.25) is 4.79 Å². The van der Waals surface area contributed by atoms with Crippen LogP contribution in [0, 0.1) is 0 Å². The van der Waals surface area contributed by atoms with Crippen molar-refractivity contribution in [1.29, 1.82) is 0 Å². The van der Waals surface area contributed by atoms with Gasteiger partial charge in [0.2, 0.25) is 0 Å². The lowest BCUT2D eigenvalue weighted by Crippen LogP contribution is -2.15. The molecule has 3 aromatic carbocycles. The van der Waals surface area contributed by atoms with Gasteiger partial charge in [0.05, 0.1) is 16.0 Å². The molecule has 0 spiro atoms. The normalized spacial score (nSPS) is 12.3. The Morgan fingerprint density at radius 2 is 1.65 bits per heavy atom. The average molecular weight is 345 g/mol. The molecule has 4 heteroatoms. The lowest BCUT2D eigenvalue weighted by Gasteiger charge is -2.16. The van der Waals surface area contributed by atoms with Crippen LogP contribution < -0.4 is 0 Å². The third-order valence-corrected chi connectivity index (χ3v) is 4.81. The zero-order chi connectivity index (χ0) is 16.4. The van der Waals surface area contributed by atoms with Crippen molar-refractivity contribution in [3.8, 4) is 0 Å². The fourth-order valence-corrected chi connectivity index (χ4v) is 3.21. The number of halogens is 2. The quantitative estimate of drug-likeness (QED) is 0.672. The second-order valence-electron chi connectivity index (χ2n) is 5.38. The summed E-state index contributed by atoms with van der Waals surface area (Å²) in [6.07, 6.45) is 0.294. The van der Waals surface area contributed by atoms with E-state index < -0.39 is 11.9 Å². The maximum absolute atomic E-state index is 11.9. The molecule has 0 fully saturated rings. The number of benzene rings is 3. The van der Waals surface area contributed by atoms with Crippen molar-refractivity contribution >= 4 is 39.9 Å². The lowest BCUT2D eigenvalue weighted by atomic mass is 9.88. The largest absolute Gasteiger partial charge is 0.481 e. The molecule has 0 aliphatic rings. The van der Waals surface area contributed by atoms with Crippen molar-refractivity contribution in [2.75, 3.05) is 0 Å². The summed E-state index contributed by atoms with van der Waals surface area (Å²) >= 11 is 12.3. The van der Waals surface area contributed by atoms with Gasteiger partial charge in [0.25, 0.3) is 0 Å². The van der Waals surface area contributed by atoms with Crippen LogP contribution in [0.5, 0.6) is 0 Å². The van der Waals surface area contributed by atoms with Crippen LogP contribution in [0.25, 0.3) is 10.8 Å². The third kappa shape index (κ3) is 3.19. The number of fused-ring (bicyclic) bond motifs is 1. The predicted octanol–water partition coefficient (Wildman–Crippen LogP) is 5.56. The molecule has 3 rings (SSSR count). The number of carboxylic acid groups (broad SMARTS) is 1. The van der Waals surface area contributed by atoms with Gasteiger partial charge >= 0.3 is 5.97 Å². The van der Waals surface area contributed by atoms with Crippen LogP contribution in [0.4, 0.5) is 0 Å². The van der Waals surface area contributed by atoms with Crippen LogP contribution in [0.15, 0.2) is 60.7 Å². The van der Waals surface area contributed by atoms with Gasteiger partial charge in [0, 0.05) is 0 Å². The Morgan fingerprint density at radius 3 is 2.43 bits per heavy atom. The molecule has 1 N–H and O–H groups in total. The van der Waals surface area contributed by atoms with E-state index in [4.69, 9.17) is 23.2 Å². The first-order chi connectivity index (χ1) is 11.1. The summed E-state index contributed by atoms with van der Waals surface area (Å²) in [5.41, 5.74) is 1.52. The Hall–Kier alpha value is -2.03. The summed E-state index contributed by atoms with van der Waals surface area (Å²) < 4.78 is 0. The fourth-order valence-electron chi connectivity index (χ4n) is 2.81. The smallest absolute Gasteiger partial charge is 0.311 e. The first kappa shape index (κ1) is 15.9. The van der Waals surface area contributed by atoms with Gasteiger partial charge in [-0.15, -0.1) is 0 Å². The van der Waals surface area contributed by atoms with Crippen molar-refractivity contribution in [1.82, 2.24) is 0 Å². The number of hydrogen-bond acceptors (Lipinski definition) is 1. The average Bonchev–Trinajstić information content (AvgIpc) is 2.55. The first-order valence-corrected chi connectivity index (χ1v) is 7.97. The Kier molecular flexibility index (Phi) is 4.56. The number of carboxylic acids is 1. The highest BCUT2D eigenvalue weighted by Crippen LogP contribution is 2.33. The van der Waals surface area contributed by atoms with Crippen LogP contribution in [-0.2, 0) is 11.2 Å². The third-order valence-electron chi connectivity index (χ3n) is 3.95. The molecule has 1 atom stereocenters.